The third kappa shape index (κ3) is 3.31. The first-order valence-electron chi connectivity index (χ1n) is 6.00. The molecule has 16 heavy (non-hydrogen) atoms. The minimum Gasteiger partial charge on any atom is -0.317 e. The molecule has 0 amide bonds. The Hall–Kier alpha value is -0.890. The Morgan fingerprint density at radius 2 is 2.06 bits per heavy atom. The number of halogens is 1. The van der Waals surface area contributed by atoms with E-state index in [9.17, 15) is 4.39 Å². The third-order valence-electron chi connectivity index (χ3n) is 3.34. The van der Waals surface area contributed by atoms with E-state index in [0.717, 1.165) is 18.4 Å². The average molecular weight is 223 g/mol. The SMILES string of the molecule is CCC(NC)C(C)Cc1ccc(F)cc1C. The second-order valence-electron chi connectivity index (χ2n) is 4.56. The number of hydrogen-bond donors (Lipinski definition) is 1. The molecule has 0 aromatic heterocycles. The van der Waals surface area contributed by atoms with Crippen LogP contribution >= 0.6 is 0 Å². The number of aryl methyl sites for hydroxylation is 1. The zero-order valence-electron chi connectivity index (χ0n) is 10.7. The maximum absolute atomic E-state index is 13.0. The summed E-state index contributed by atoms with van der Waals surface area (Å²) in [4.78, 5) is 0. The van der Waals surface area contributed by atoms with Crippen LogP contribution in [0.5, 0.6) is 0 Å². The second kappa shape index (κ2) is 6.00. The first-order valence-corrected chi connectivity index (χ1v) is 6.00. The van der Waals surface area contributed by atoms with Crippen LogP contribution in [-0.2, 0) is 6.42 Å². The van der Waals surface area contributed by atoms with Crippen molar-refractivity contribution in [2.45, 2.75) is 39.7 Å². The average Bonchev–Trinajstić information content (AvgIpc) is 2.24. The van der Waals surface area contributed by atoms with Gasteiger partial charge in [-0.3, -0.25) is 0 Å². The molecule has 0 fully saturated rings. The number of rotatable bonds is 5. The number of nitrogens with one attached hydrogen (secondary N) is 1. The van der Waals surface area contributed by atoms with Crippen LogP contribution in [0.1, 0.15) is 31.4 Å². The van der Waals surface area contributed by atoms with Gasteiger partial charge in [0.1, 0.15) is 5.82 Å². The van der Waals surface area contributed by atoms with E-state index >= 15 is 0 Å². The lowest BCUT2D eigenvalue weighted by atomic mass is 9.90. The molecule has 1 rings (SSSR count). The molecule has 1 nitrogen and oxygen atoms in total. The molecule has 1 aromatic rings. The van der Waals surface area contributed by atoms with Gasteiger partial charge in [0.05, 0.1) is 0 Å². The molecule has 1 aromatic carbocycles. The van der Waals surface area contributed by atoms with Gasteiger partial charge in [0.25, 0.3) is 0 Å². The molecule has 90 valence electrons. The second-order valence-corrected chi connectivity index (χ2v) is 4.56. The Morgan fingerprint density at radius 3 is 2.56 bits per heavy atom. The van der Waals surface area contributed by atoms with Crippen molar-refractivity contribution in [1.82, 2.24) is 5.32 Å². The van der Waals surface area contributed by atoms with Crippen LogP contribution < -0.4 is 5.32 Å². The molecule has 2 unspecified atom stereocenters. The van der Waals surface area contributed by atoms with Crippen molar-refractivity contribution in [2.75, 3.05) is 7.05 Å². The fourth-order valence-electron chi connectivity index (χ4n) is 2.27. The van der Waals surface area contributed by atoms with Crippen LogP contribution in [0.3, 0.4) is 0 Å². The van der Waals surface area contributed by atoms with Crippen molar-refractivity contribution in [3.63, 3.8) is 0 Å². The van der Waals surface area contributed by atoms with Gasteiger partial charge in [-0.2, -0.15) is 0 Å². The molecule has 0 saturated heterocycles. The molecule has 0 aliphatic heterocycles. The summed E-state index contributed by atoms with van der Waals surface area (Å²) in [5, 5.41) is 3.33. The lowest BCUT2D eigenvalue weighted by molar-refractivity contribution is 0.386. The molecule has 2 atom stereocenters. The molecule has 0 saturated carbocycles. The van der Waals surface area contributed by atoms with Crippen molar-refractivity contribution >= 4 is 0 Å². The van der Waals surface area contributed by atoms with Gasteiger partial charge in [-0.1, -0.05) is 19.9 Å². The molecule has 0 aliphatic rings. The molecule has 0 aliphatic carbocycles. The van der Waals surface area contributed by atoms with Crippen LogP contribution in [-0.4, -0.2) is 13.1 Å². The molecule has 0 bridgehead atoms. The van der Waals surface area contributed by atoms with Crippen molar-refractivity contribution in [3.05, 3.63) is 35.1 Å². The normalized spacial score (nSPS) is 14.8. The number of benzene rings is 1. The summed E-state index contributed by atoms with van der Waals surface area (Å²) >= 11 is 0. The van der Waals surface area contributed by atoms with E-state index in [0.29, 0.717) is 12.0 Å². The van der Waals surface area contributed by atoms with E-state index in [1.165, 1.54) is 5.56 Å². The topological polar surface area (TPSA) is 12.0 Å². The summed E-state index contributed by atoms with van der Waals surface area (Å²) in [5.41, 5.74) is 2.31. The van der Waals surface area contributed by atoms with Gasteiger partial charge in [0.2, 0.25) is 0 Å². The lowest BCUT2D eigenvalue weighted by Gasteiger charge is -2.22. The van der Waals surface area contributed by atoms with Crippen molar-refractivity contribution in [2.24, 2.45) is 5.92 Å². The highest BCUT2D eigenvalue weighted by Crippen LogP contribution is 2.18. The lowest BCUT2D eigenvalue weighted by Crippen LogP contribution is -2.32. The van der Waals surface area contributed by atoms with E-state index in [1.807, 2.05) is 20.0 Å². The smallest absolute Gasteiger partial charge is 0.123 e. The van der Waals surface area contributed by atoms with E-state index in [2.05, 4.69) is 19.2 Å². The van der Waals surface area contributed by atoms with Crippen molar-refractivity contribution < 1.29 is 4.39 Å². The van der Waals surface area contributed by atoms with Gasteiger partial charge in [0.15, 0.2) is 0 Å². The van der Waals surface area contributed by atoms with E-state index < -0.39 is 0 Å². The van der Waals surface area contributed by atoms with Crippen LogP contribution in [0.15, 0.2) is 18.2 Å². The van der Waals surface area contributed by atoms with Gasteiger partial charge in [0, 0.05) is 6.04 Å². The summed E-state index contributed by atoms with van der Waals surface area (Å²) in [6.07, 6.45) is 2.13. The third-order valence-corrected chi connectivity index (χ3v) is 3.34. The molecule has 2 heteroatoms. The van der Waals surface area contributed by atoms with E-state index in [1.54, 1.807) is 12.1 Å². The Morgan fingerprint density at radius 1 is 1.38 bits per heavy atom. The Bertz CT molecular complexity index is 332. The fraction of sp³-hybridized carbons (Fsp3) is 0.571. The highest BCUT2D eigenvalue weighted by Gasteiger charge is 2.14. The van der Waals surface area contributed by atoms with Crippen molar-refractivity contribution in [3.8, 4) is 0 Å². The highest BCUT2D eigenvalue weighted by molar-refractivity contribution is 5.27. The maximum atomic E-state index is 13.0. The minimum absolute atomic E-state index is 0.144. The fourth-order valence-corrected chi connectivity index (χ4v) is 2.27. The predicted octanol–water partition coefficient (Wildman–Crippen LogP) is 3.31. The monoisotopic (exact) mass is 223 g/mol. The maximum Gasteiger partial charge on any atom is 0.123 e. The zero-order valence-corrected chi connectivity index (χ0v) is 10.7. The minimum atomic E-state index is -0.144. The standard InChI is InChI=1S/C14H22FN/c1-5-14(16-4)11(3)8-12-6-7-13(15)9-10(12)2/h6-7,9,11,14,16H,5,8H2,1-4H3. The summed E-state index contributed by atoms with van der Waals surface area (Å²) in [6, 6.07) is 5.60. The van der Waals surface area contributed by atoms with Gasteiger partial charge < -0.3 is 5.32 Å². The summed E-state index contributed by atoms with van der Waals surface area (Å²) in [5.74, 6) is 0.425. The summed E-state index contributed by atoms with van der Waals surface area (Å²) < 4.78 is 13.0. The molecule has 0 heterocycles. The van der Waals surface area contributed by atoms with Crippen LogP contribution in [0, 0.1) is 18.7 Å². The predicted molar refractivity (Wildman–Crippen MR) is 67.1 cm³/mol. The van der Waals surface area contributed by atoms with Crippen molar-refractivity contribution in [1.29, 1.82) is 0 Å². The molecular weight excluding hydrogens is 201 g/mol. The van der Waals surface area contributed by atoms with Gasteiger partial charge in [-0.15, -0.1) is 0 Å². The van der Waals surface area contributed by atoms with Crippen LogP contribution in [0.2, 0.25) is 0 Å². The Balaban J connectivity index is 2.72. The van der Waals surface area contributed by atoms with E-state index in [-0.39, 0.29) is 5.82 Å². The summed E-state index contributed by atoms with van der Waals surface area (Å²) in [7, 11) is 2.00. The Kier molecular flexibility index (Phi) is 4.94. The molecule has 0 spiro atoms. The largest absolute Gasteiger partial charge is 0.317 e. The van der Waals surface area contributed by atoms with Gasteiger partial charge in [-0.05, 0) is 56.0 Å². The first kappa shape index (κ1) is 13.2. The zero-order chi connectivity index (χ0) is 12.1. The first-order chi connectivity index (χ1) is 7.58. The molecule has 0 radical (unpaired) electrons. The Labute approximate surface area is 98.1 Å². The van der Waals surface area contributed by atoms with Crippen LogP contribution in [0.4, 0.5) is 4.39 Å². The molecule has 1 N–H and O–H groups in total. The van der Waals surface area contributed by atoms with Crippen LogP contribution in [0.25, 0.3) is 0 Å². The number of hydrogen-bond acceptors (Lipinski definition) is 1. The van der Waals surface area contributed by atoms with E-state index in [4.69, 9.17) is 0 Å². The van der Waals surface area contributed by atoms with Gasteiger partial charge >= 0.3 is 0 Å². The molecular formula is C14H22FN. The summed E-state index contributed by atoms with van der Waals surface area (Å²) in [6.45, 7) is 6.41. The van der Waals surface area contributed by atoms with Gasteiger partial charge in [-0.25, -0.2) is 4.39 Å². The quantitative estimate of drug-likeness (QED) is 0.807. The highest BCUT2D eigenvalue weighted by atomic mass is 19.1.